The molecule has 2 heterocycles. The second-order valence-electron chi connectivity index (χ2n) is 6.48. The summed E-state index contributed by atoms with van der Waals surface area (Å²) in [7, 11) is 0. The van der Waals surface area contributed by atoms with Crippen LogP contribution in [-0.4, -0.2) is 20.7 Å². The van der Waals surface area contributed by atoms with Crippen LogP contribution in [0.5, 0.6) is 0 Å². The Morgan fingerprint density at radius 3 is 2.65 bits per heavy atom. The summed E-state index contributed by atoms with van der Waals surface area (Å²) in [6, 6.07) is 3.79. The van der Waals surface area contributed by atoms with E-state index in [0.717, 1.165) is 29.1 Å². The fraction of sp³-hybridized carbons (Fsp3) is 0.500. The van der Waals surface area contributed by atoms with Gasteiger partial charge < -0.3 is 5.32 Å². The van der Waals surface area contributed by atoms with E-state index in [1.807, 2.05) is 37.6 Å². The zero-order chi connectivity index (χ0) is 17.0. The van der Waals surface area contributed by atoms with Gasteiger partial charge in [-0.2, -0.15) is 5.10 Å². The topological polar surface area (TPSA) is 59.8 Å². The smallest absolute Gasteiger partial charge is 0.225 e. The highest BCUT2D eigenvalue weighted by Crippen LogP contribution is 2.16. The summed E-state index contributed by atoms with van der Waals surface area (Å²) in [6.07, 6.45) is 3.87. The lowest BCUT2D eigenvalue weighted by Gasteiger charge is -2.14. The molecule has 0 radical (unpaired) electrons. The molecule has 5 heteroatoms. The van der Waals surface area contributed by atoms with Gasteiger partial charge in [-0.25, -0.2) is 0 Å². The highest BCUT2D eigenvalue weighted by Gasteiger charge is 2.17. The molecule has 1 amide bonds. The second-order valence-corrected chi connectivity index (χ2v) is 6.48. The van der Waals surface area contributed by atoms with Crippen molar-refractivity contribution in [2.75, 3.05) is 0 Å². The van der Waals surface area contributed by atoms with Crippen molar-refractivity contribution in [3.8, 4) is 0 Å². The standard InChI is InChI=1S/C18H26N4O/c1-12(2)11-22-15(5)17(14(4)21-22)9-18(23)20-13(3)16-7-6-8-19-10-16/h6-8,10,12-13H,9,11H2,1-5H3,(H,20,23). The Bertz CT molecular complexity index is 661. The number of carbonyl (C=O) groups is 1. The minimum atomic E-state index is -0.0532. The summed E-state index contributed by atoms with van der Waals surface area (Å²) < 4.78 is 2.01. The average Bonchev–Trinajstić information content (AvgIpc) is 2.75. The molecule has 0 aliphatic heterocycles. The zero-order valence-electron chi connectivity index (χ0n) is 14.6. The van der Waals surface area contributed by atoms with Crippen LogP contribution in [0.4, 0.5) is 0 Å². The van der Waals surface area contributed by atoms with Crippen molar-refractivity contribution in [1.29, 1.82) is 0 Å². The molecule has 0 fully saturated rings. The minimum absolute atomic E-state index is 0.0108. The first-order valence-corrected chi connectivity index (χ1v) is 8.10. The van der Waals surface area contributed by atoms with Crippen molar-refractivity contribution in [2.45, 2.75) is 53.6 Å². The van der Waals surface area contributed by atoms with Crippen LogP contribution in [0.3, 0.4) is 0 Å². The lowest BCUT2D eigenvalue weighted by atomic mass is 10.1. The Morgan fingerprint density at radius 1 is 1.30 bits per heavy atom. The van der Waals surface area contributed by atoms with Gasteiger partial charge in [0.25, 0.3) is 0 Å². The molecule has 0 aromatic carbocycles. The highest BCUT2D eigenvalue weighted by atomic mass is 16.1. The number of hydrogen-bond donors (Lipinski definition) is 1. The van der Waals surface area contributed by atoms with E-state index in [4.69, 9.17) is 0 Å². The molecule has 0 aliphatic carbocycles. The van der Waals surface area contributed by atoms with E-state index in [1.165, 1.54) is 0 Å². The second kappa shape index (κ2) is 7.40. The fourth-order valence-corrected chi connectivity index (χ4v) is 2.68. The fourth-order valence-electron chi connectivity index (χ4n) is 2.68. The van der Waals surface area contributed by atoms with Crippen LogP contribution in [0, 0.1) is 19.8 Å². The number of amides is 1. The molecule has 1 unspecified atom stereocenters. The molecule has 1 N–H and O–H groups in total. The molecule has 2 aromatic heterocycles. The molecule has 0 saturated heterocycles. The number of aryl methyl sites for hydroxylation is 1. The van der Waals surface area contributed by atoms with E-state index in [1.54, 1.807) is 12.4 Å². The van der Waals surface area contributed by atoms with Crippen molar-refractivity contribution in [1.82, 2.24) is 20.1 Å². The number of rotatable bonds is 6. The summed E-state index contributed by atoms with van der Waals surface area (Å²) in [5, 5.41) is 7.60. The number of hydrogen-bond acceptors (Lipinski definition) is 3. The van der Waals surface area contributed by atoms with E-state index in [9.17, 15) is 4.79 Å². The largest absolute Gasteiger partial charge is 0.349 e. The Hall–Kier alpha value is -2.17. The molecule has 0 spiro atoms. The van der Waals surface area contributed by atoms with E-state index in [-0.39, 0.29) is 11.9 Å². The third-order valence-electron chi connectivity index (χ3n) is 3.97. The highest BCUT2D eigenvalue weighted by molar-refractivity contribution is 5.79. The molecule has 5 nitrogen and oxygen atoms in total. The van der Waals surface area contributed by atoms with Gasteiger partial charge in [0.2, 0.25) is 5.91 Å². The minimum Gasteiger partial charge on any atom is -0.349 e. The lowest BCUT2D eigenvalue weighted by molar-refractivity contribution is -0.121. The monoisotopic (exact) mass is 314 g/mol. The molecule has 23 heavy (non-hydrogen) atoms. The van der Waals surface area contributed by atoms with Gasteiger partial charge in [0, 0.05) is 30.2 Å². The normalized spacial score (nSPS) is 12.4. The van der Waals surface area contributed by atoms with Crippen LogP contribution in [0.1, 0.15) is 49.3 Å². The summed E-state index contributed by atoms with van der Waals surface area (Å²) in [5.41, 5.74) is 4.05. The zero-order valence-corrected chi connectivity index (χ0v) is 14.6. The third kappa shape index (κ3) is 4.41. The summed E-state index contributed by atoms with van der Waals surface area (Å²) in [4.78, 5) is 16.5. The SMILES string of the molecule is Cc1nn(CC(C)C)c(C)c1CC(=O)NC(C)c1cccnc1. The first kappa shape index (κ1) is 17.2. The quantitative estimate of drug-likeness (QED) is 0.891. The van der Waals surface area contributed by atoms with Gasteiger partial charge in [0.1, 0.15) is 0 Å². The van der Waals surface area contributed by atoms with Crippen molar-refractivity contribution in [3.63, 3.8) is 0 Å². The Labute approximate surface area is 138 Å². The molecule has 2 aromatic rings. The summed E-state index contributed by atoms with van der Waals surface area (Å²) >= 11 is 0. The molecule has 2 rings (SSSR count). The first-order chi connectivity index (χ1) is 10.9. The van der Waals surface area contributed by atoms with E-state index in [0.29, 0.717) is 12.3 Å². The third-order valence-corrected chi connectivity index (χ3v) is 3.97. The molecular formula is C18H26N4O. The number of aromatic nitrogens is 3. The Morgan fingerprint density at radius 2 is 2.04 bits per heavy atom. The summed E-state index contributed by atoms with van der Waals surface area (Å²) in [6.45, 7) is 11.2. The van der Waals surface area contributed by atoms with E-state index >= 15 is 0 Å². The Balaban J connectivity index is 2.04. The molecule has 0 aliphatic rings. The first-order valence-electron chi connectivity index (χ1n) is 8.10. The van der Waals surface area contributed by atoms with Crippen LogP contribution in [0.25, 0.3) is 0 Å². The summed E-state index contributed by atoms with van der Waals surface area (Å²) in [5.74, 6) is 0.539. The molecular weight excluding hydrogens is 288 g/mol. The predicted molar refractivity (Wildman–Crippen MR) is 91.0 cm³/mol. The predicted octanol–water partition coefficient (Wildman–Crippen LogP) is 2.97. The average molecular weight is 314 g/mol. The number of carbonyl (C=O) groups excluding carboxylic acids is 1. The van der Waals surface area contributed by atoms with Crippen LogP contribution >= 0.6 is 0 Å². The van der Waals surface area contributed by atoms with Crippen molar-refractivity contribution < 1.29 is 4.79 Å². The van der Waals surface area contributed by atoms with Crippen molar-refractivity contribution in [3.05, 3.63) is 47.0 Å². The van der Waals surface area contributed by atoms with E-state index in [2.05, 4.69) is 29.2 Å². The lowest BCUT2D eigenvalue weighted by Crippen LogP contribution is -2.28. The van der Waals surface area contributed by atoms with Gasteiger partial charge in [0.15, 0.2) is 0 Å². The number of nitrogens with one attached hydrogen (secondary N) is 1. The van der Waals surface area contributed by atoms with Crippen LogP contribution in [0.2, 0.25) is 0 Å². The number of pyridine rings is 1. The molecule has 0 bridgehead atoms. The maximum absolute atomic E-state index is 12.4. The Kier molecular flexibility index (Phi) is 5.53. The van der Waals surface area contributed by atoms with E-state index < -0.39 is 0 Å². The molecule has 0 saturated carbocycles. The van der Waals surface area contributed by atoms with Gasteiger partial charge in [-0.3, -0.25) is 14.5 Å². The van der Waals surface area contributed by atoms with Gasteiger partial charge in [-0.05, 0) is 38.3 Å². The van der Waals surface area contributed by atoms with Gasteiger partial charge >= 0.3 is 0 Å². The van der Waals surface area contributed by atoms with Crippen LogP contribution < -0.4 is 5.32 Å². The van der Waals surface area contributed by atoms with Gasteiger partial charge in [0.05, 0.1) is 18.2 Å². The maximum Gasteiger partial charge on any atom is 0.225 e. The maximum atomic E-state index is 12.4. The van der Waals surface area contributed by atoms with Crippen LogP contribution in [0.15, 0.2) is 24.5 Å². The van der Waals surface area contributed by atoms with Crippen molar-refractivity contribution >= 4 is 5.91 Å². The molecule has 124 valence electrons. The molecule has 1 atom stereocenters. The van der Waals surface area contributed by atoms with Crippen LogP contribution in [-0.2, 0) is 17.8 Å². The van der Waals surface area contributed by atoms with Gasteiger partial charge in [-0.1, -0.05) is 19.9 Å². The van der Waals surface area contributed by atoms with Gasteiger partial charge in [-0.15, -0.1) is 0 Å². The number of nitrogens with zero attached hydrogens (tertiary/aromatic N) is 3. The van der Waals surface area contributed by atoms with Crippen molar-refractivity contribution in [2.24, 2.45) is 5.92 Å².